The van der Waals surface area contributed by atoms with Crippen molar-refractivity contribution in [2.24, 2.45) is 0 Å². The molecule has 3 heteroatoms. The first-order valence-electron chi connectivity index (χ1n) is 8.79. The number of rotatable bonds is 5. The van der Waals surface area contributed by atoms with Gasteiger partial charge >= 0.3 is 0 Å². The van der Waals surface area contributed by atoms with Crippen LogP contribution in [0.5, 0.6) is 0 Å². The van der Waals surface area contributed by atoms with Crippen LogP contribution in [0.1, 0.15) is 44.1 Å². The summed E-state index contributed by atoms with van der Waals surface area (Å²) in [6.45, 7) is 2.16. The molecule has 0 saturated carbocycles. The van der Waals surface area contributed by atoms with E-state index in [9.17, 15) is 4.79 Å². The van der Waals surface area contributed by atoms with Crippen molar-refractivity contribution in [1.82, 2.24) is 9.80 Å². The molecule has 0 radical (unpaired) electrons. The van der Waals surface area contributed by atoms with Crippen molar-refractivity contribution in [3.8, 4) is 0 Å². The number of hydrogen-bond donors (Lipinski definition) is 0. The summed E-state index contributed by atoms with van der Waals surface area (Å²) in [6.07, 6.45) is 7.59. The number of carbonyl (C=O) groups excluding carboxylic acids is 1. The minimum Gasteiger partial charge on any atom is -0.338 e. The molecule has 2 heterocycles. The summed E-state index contributed by atoms with van der Waals surface area (Å²) in [5.41, 5.74) is 1.34. The number of carbonyl (C=O) groups is 1. The molecule has 2 fully saturated rings. The second kappa shape index (κ2) is 7.28. The molecule has 2 aliphatic heterocycles. The van der Waals surface area contributed by atoms with Gasteiger partial charge in [-0.25, -0.2) is 0 Å². The number of hydrogen-bond acceptors (Lipinski definition) is 2. The van der Waals surface area contributed by atoms with Gasteiger partial charge in [0.1, 0.15) is 0 Å². The Balaban J connectivity index is 1.50. The molecule has 3 nitrogen and oxygen atoms in total. The lowest BCUT2D eigenvalue weighted by molar-refractivity contribution is -0.133. The summed E-state index contributed by atoms with van der Waals surface area (Å²) < 4.78 is 0. The van der Waals surface area contributed by atoms with E-state index < -0.39 is 0 Å². The molecule has 2 atom stereocenters. The van der Waals surface area contributed by atoms with Gasteiger partial charge in [0.2, 0.25) is 5.91 Å². The van der Waals surface area contributed by atoms with Gasteiger partial charge in [-0.2, -0.15) is 0 Å². The van der Waals surface area contributed by atoms with Crippen molar-refractivity contribution in [3.63, 3.8) is 0 Å². The molecule has 0 unspecified atom stereocenters. The lowest BCUT2D eigenvalue weighted by Crippen LogP contribution is -2.47. The Kier molecular flexibility index (Phi) is 5.14. The van der Waals surface area contributed by atoms with E-state index in [1.165, 1.54) is 37.8 Å². The maximum Gasteiger partial charge on any atom is 0.222 e. The maximum atomic E-state index is 12.6. The van der Waals surface area contributed by atoms with E-state index >= 15 is 0 Å². The molecular formula is C19H28N2O. The minimum atomic E-state index is 0.374. The Hall–Kier alpha value is -1.35. The Morgan fingerprint density at radius 1 is 1.09 bits per heavy atom. The summed E-state index contributed by atoms with van der Waals surface area (Å²) in [6, 6.07) is 11.6. The first-order valence-corrected chi connectivity index (χ1v) is 8.79. The molecule has 22 heavy (non-hydrogen) atoms. The van der Waals surface area contributed by atoms with E-state index in [4.69, 9.17) is 0 Å². The highest BCUT2D eigenvalue weighted by atomic mass is 16.2. The molecule has 1 aromatic carbocycles. The summed E-state index contributed by atoms with van der Waals surface area (Å²) >= 11 is 0. The van der Waals surface area contributed by atoms with Crippen LogP contribution in [-0.4, -0.2) is 47.9 Å². The van der Waals surface area contributed by atoms with Crippen LogP contribution in [-0.2, 0) is 11.2 Å². The van der Waals surface area contributed by atoms with E-state index in [0.29, 0.717) is 24.4 Å². The van der Waals surface area contributed by atoms with Gasteiger partial charge in [-0.05, 0) is 57.7 Å². The van der Waals surface area contributed by atoms with Crippen molar-refractivity contribution in [3.05, 3.63) is 35.9 Å². The van der Waals surface area contributed by atoms with Crippen LogP contribution in [0.4, 0.5) is 0 Å². The Labute approximate surface area is 134 Å². The van der Waals surface area contributed by atoms with Crippen molar-refractivity contribution < 1.29 is 4.79 Å². The van der Waals surface area contributed by atoms with Crippen molar-refractivity contribution in [1.29, 1.82) is 0 Å². The molecule has 1 amide bonds. The lowest BCUT2D eigenvalue weighted by atomic mass is 10.0. The summed E-state index contributed by atoms with van der Waals surface area (Å²) in [5.74, 6) is 0.374. The Morgan fingerprint density at radius 2 is 1.82 bits per heavy atom. The molecule has 120 valence electrons. The van der Waals surface area contributed by atoms with Gasteiger partial charge in [0, 0.05) is 25.0 Å². The van der Waals surface area contributed by atoms with Crippen LogP contribution in [0.15, 0.2) is 30.3 Å². The zero-order valence-corrected chi connectivity index (χ0v) is 13.7. The van der Waals surface area contributed by atoms with Crippen molar-refractivity contribution in [2.45, 2.75) is 57.0 Å². The molecule has 1 aromatic rings. The predicted octanol–water partition coefficient (Wildman–Crippen LogP) is 3.09. The summed E-state index contributed by atoms with van der Waals surface area (Å²) in [7, 11) is 2.22. The minimum absolute atomic E-state index is 0.374. The fourth-order valence-electron chi connectivity index (χ4n) is 4.16. The van der Waals surface area contributed by atoms with Crippen LogP contribution in [0.3, 0.4) is 0 Å². The van der Waals surface area contributed by atoms with Crippen molar-refractivity contribution >= 4 is 5.91 Å². The number of aryl methyl sites for hydroxylation is 1. The molecule has 3 rings (SSSR count). The number of nitrogens with zero attached hydrogens (tertiary/aromatic N) is 2. The summed E-state index contributed by atoms with van der Waals surface area (Å²) in [5, 5.41) is 0. The third kappa shape index (κ3) is 3.52. The van der Waals surface area contributed by atoms with Gasteiger partial charge in [0.05, 0.1) is 0 Å². The van der Waals surface area contributed by atoms with Crippen LogP contribution in [0.2, 0.25) is 0 Å². The van der Waals surface area contributed by atoms with Crippen molar-refractivity contribution in [2.75, 3.05) is 20.1 Å². The largest absolute Gasteiger partial charge is 0.338 e. The van der Waals surface area contributed by atoms with E-state index in [-0.39, 0.29) is 0 Å². The molecule has 0 aliphatic carbocycles. The molecule has 2 aliphatic rings. The Morgan fingerprint density at radius 3 is 2.55 bits per heavy atom. The zero-order valence-electron chi connectivity index (χ0n) is 13.7. The monoisotopic (exact) mass is 300 g/mol. The summed E-state index contributed by atoms with van der Waals surface area (Å²) in [4.78, 5) is 17.3. The topological polar surface area (TPSA) is 23.6 Å². The number of likely N-dealkylation sites (tertiary alicyclic amines) is 2. The number of benzene rings is 1. The molecule has 0 spiro atoms. The maximum absolute atomic E-state index is 12.6. The number of likely N-dealkylation sites (N-methyl/N-ethyl adjacent to an activating group) is 1. The quantitative estimate of drug-likeness (QED) is 0.834. The normalized spacial score (nSPS) is 25.8. The highest BCUT2D eigenvalue weighted by Crippen LogP contribution is 2.29. The first kappa shape index (κ1) is 15.5. The van der Waals surface area contributed by atoms with Crippen LogP contribution in [0, 0.1) is 0 Å². The molecule has 2 saturated heterocycles. The van der Waals surface area contributed by atoms with E-state index in [2.05, 4.69) is 41.1 Å². The smallest absolute Gasteiger partial charge is 0.222 e. The highest BCUT2D eigenvalue weighted by molar-refractivity contribution is 5.77. The molecule has 0 aromatic heterocycles. The molecular weight excluding hydrogens is 272 g/mol. The second-order valence-electron chi connectivity index (χ2n) is 6.83. The number of amides is 1. The predicted molar refractivity (Wildman–Crippen MR) is 89.8 cm³/mol. The second-order valence-corrected chi connectivity index (χ2v) is 6.83. The molecule has 0 N–H and O–H groups in total. The SMILES string of the molecule is CN1CCC[C@@H]1[C@H]1CCCN1C(=O)CCCc1ccccc1. The van der Waals surface area contributed by atoms with Gasteiger partial charge in [-0.3, -0.25) is 4.79 Å². The van der Waals surface area contributed by atoms with Crippen LogP contribution < -0.4 is 0 Å². The van der Waals surface area contributed by atoms with E-state index in [1.807, 2.05) is 6.07 Å². The average molecular weight is 300 g/mol. The van der Waals surface area contributed by atoms with Crippen LogP contribution >= 0.6 is 0 Å². The van der Waals surface area contributed by atoms with Gasteiger partial charge in [0.25, 0.3) is 0 Å². The lowest BCUT2D eigenvalue weighted by Gasteiger charge is -2.33. The van der Waals surface area contributed by atoms with E-state index in [0.717, 1.165) is 19.4 Å². The van der Waals surface area contributed by atoms with Gasteiger partial charge in [-0.15, -0.1) is 0 Å². The average Bonchev–Trinajstić information content (AvgIpc) is 3.16. The molecule has 0 bridgehead atoms. The fraction of sp³-hybridized carbons (Fsp3) is 0.632. The van der Waals surface area contributed by atoms with Gasteiger partial charge < -0.3 is 9.80 Å². The van der Waals surface area contributed by atoms with Crippen LogP contribution in [0.25, 0.3) is 0 Å². The zero-order chi connectivity index (χ0) is 15.4. The van der Waals surface area contributed by atoms with E-state index in [1.54, 1.807) is 0 Å². The highest BCUT2D eigenvalue weighted by Gasteiger charge is 2.37. The standard InChI is InChI=1S/C19H28N2O/c1-20-14-6-11-17(20)18-12-7-15-21(18)19(22)13-5-10-16-8-3-2-4-9-16/h2-4,8-9,17-18H,5-7,10-15H2,1H3/t17-,18-/m1/s1. The third-order valence-corrected chi connectivity index (χ3v) is 5.34. The fourth-order valence-corrected chi connectivity index (χ4v) is 4.16. The first-order chi connectivity index (χ1) is 10.8. The van der Waals surface area contributed by atoms with Gasteiger partial charge in [0.15, 0.2) is 0 Å². The Bertz CT molecular complexity index is 487. The third-order valence-electron chi connectivity index (χ3n) is 5.34. The van der Waals surface area contributed by atoms with Gasteiger partial charge in [-0.1, -0.05) is 30.3 Å².